The quantitative estimate of drug-likeness (QED) is 0.0920. The van der Waals surface area contributed by atoms with Gasteiger partial charge < -0.3 is 18.3 Å². The first-order chi connectivity index (χ1) is 28.6. The zero-order valence-electron chi connectivity index (χ0n) is 32.1. The fraction of sp³-hybridized carbons (Fsp3) is 0.0400. The molecule has 6 nitrogen and oxygen atoms in total. The molecule has 0 saturated heterocycles. The van der Waals surface area contributed by atoms with Gasteiger partial charge in [-0.2, -0.15) is 0 Å². The van der Waals surface area contributed by atoms with Crippen LogP contribution in [-0.4, -0.2) is 19.1 Å². The van der Waals surface area contributed by atoms with Crippen LogP contribution >= 0.6 is 15.8 Å². The van der Waals surface area contributed by atoms with Gasteiger partial charge in [0.2, 0.25) is 12.7 Å². The molecular formula is C50H38N6P2. The molecule has 0 N–H and O–H groups in total. The fourth-order valence-corrected chi connectivity index (χ4v) is 12.4. The Balaban J connectivity index is 1.05. The topological polar surface area (TPSA) is 43.4 Å². The Kier molecular flexibility index (Phi) is 9.51. The molecule has 4 heterocycles. The second-order valence-electron chi connectivity index (χ2n) is 14.1. The molecule has 0 amide bonds. The molecular weight excluding hydrogens is 747 g/mol. The number of aryl methyl sites for hydroxylation is 2. The Hall–Kier alpha value is -6.58. The van der Waals surface area contributed by atoms with Crippen molar-refractivity contribution < 1.29 is 9.13 Å². The zero-order chi connectivity index (χ0) is 39.0. The highest BCUT2D eigenvalue weighted by Gasteiger charge is 2.21. The minimum absolute atomic E-state index is 0.855. The van der Waals surface area contributed by atoms with Crippen LogP contribution in [0.5, 0.6) is 0 Å². The number of para-hydroxylation sites is 4. The molecule has 58 heavy (non-hydrogen) atoms. The maximum atomic E-state index is 4.95. The van der Waals surface area contributed by atoms with Crippen molar-refractivity contribution in [2.45, 2.75) is 0 Å². The van der Waals surface area contributed by atoms with Crippen LogP contribution in [0.4, 0.5) is 0 Å². The highest BCUT2D eigenvalue weighted by atomic mass is 31.1. The number of hydrogen-bond donors (Lipinski definition) is 0. The molecule has 0 aliphatic rings. The largest absolute Gasteiger partial charge is 0.319 e. The average molecular weight is 785 g/mol. The average Bonchev–Trinajstić information content (AvgIpc) is 3.81. The first-order valence-electron chi connectivity index (χ1n) is 19.2. The second kappa shape index (κ2) is 15.4. The third-order valence-corrected chi connectivity index (χ3v) is 15.3. The summed E-state index contributed by atoms with van der Waals surface area (Å²) in [5, 5.41) is 7.47. The maximum absolute atomic E-state index is 4.95. The molecule has 2 atom stereocenters. The van der Waals surface area contributed by atoms with Crippen LogP contribution in [-0.2, 0) is 14.1 Å². The van der Waals surface area contributed by atoms with Crippen LogP contribution < -0.4 is 41.0 Å². The number of nitrogens with zero attached hydrogens (tertiary/aromatic N) is 6. The van der Waals surface area contributed by atoms with E-state index in [4.69, 9.17) is 9.97 Å². The van der Waals surface area contributed by atoms with Crippen molar-refractivity contribution in [2.75, 3.05) is 0 Å². The van der Waals surface area contributed by atoms with E-state index in [9.17, 15) is 0 Å². The molecule has 0 saturated carbocycles. The summed E-state index contributed by atoms with van der Waals surface area (Å²) in [4.78, 5) is 9.89. The van der Waals surface area contributed by atoms with Gasteiger partial charge in [0.25, 0.3) is 0 Å². The van der Waals surface area contributed by atoms with Crippen LogP contribution in [0.25, 0.3) is 44.8 Å². The van der Waals surface area contributed by atoms with E-state index in [0.717, 1.165) is 44.8 Å². The van der Waals surface area contributed by atoms with Crippen molar-refractivity contribution in [3.05, 3.63) is 207 Å². The highest BCUT2D eigenvalue weighted by Crippen LogP contribution is 2.36. The van der Waals surface area contributed by atoms with Crippen LogP contribution in [0.3, 0.4) is 0 Å². The summed E-state index contributed by atoms with van der Waals surface area (Å²) in [7, 11) is 2.23. The standard InChI is InChI=1S/C50H38N6P2/c1-53-35-55(49-25-11-9-23-47(49)53)37-15-13-21-41(31-37)57(39-17-5-3-6-18-39)43-27-29-51-45(33-43)46-34-44(28-30-52-46)58(40-19-7-4-8-20-40)42-22-14-16-38(32-42)56-36-54(2)48-24-10-12-26-50(48)56/h3-34H,1-2H3. The van der Waals surface area contributed by atoms with Gasteiger partial charge in [-0.3, -0.25) is 9.97 Å². The first-order valence-corrected chi connectivity index (χ1v) is 21.9. The van der Waals surface area contributed by atoms with Gasteiger partial charge in [-0.25, -0.2) is 0 Å². The third-order valence-electron chi connectivity index (χ3n) is 10.5. The lowest BCUT2D eigenvalue weighted by Crippen LogP contribution is -2.31. The van der Waals surface area contributed by atoms with E-state index >= 15 is 0 Å². The molecule has 10 aromatic rings. The molecule has 0 aliphatic carbocycles. The third kappa shape index (κ3) is 6.71. The molecule has 6 aromatic carbocycles. The van der Waals surface area contributed by atoms with Crippen molar-refractivity contribution in [2.24, 2.45) is 14.1 Å². The van der Waals surface area contributed by atoms with E-state index in [1.165, 1.54) is 31.8 Å². The zero-order valence-corrected chi connectivity index (χ0v) is 33.8. The van der Waals surface area contributed by atoms with Crippen LogP contribution in [0, 0.1) is 12.7 Å². The molecule has 2 unspecified atom stereocenters. The van der Waals surface area contributed by atoms with Gasteiger partial charge in [0.15, 0.2) is 0 Å². The number of fused-ring (bicyclic) bond motifs is 2. The molecule has 8 heteroatoms. The van der Waals surface area contributed by atoms with Crippen molar-refractivity contribution in [1.82, 2.24) is 19.1 Å². The highest BCUT2D eigenvalue weighted by molar-refractivity contribution is 7.80. The molecule has 10 rings (SSSR count). The molecule has 0 fully saturated rings. The van der Waals surface area contributed by atoms with Crippen LogP contribution in [0.15, 0.2) is 194 Å². The number of hydrogen-bond acceptors (Lipinski definition) is 2. The lowest BCUT2D eigenvalue weighted by molar-refractivity contribution is -0.573. The fourth-order valence-electron chi connectivity index (χ4n) is 7.77. The van der Waals surface area contributed by atoms with E-state index < -0.39 is 15.8 Å². The van der Waals surface area contributed by atoms with Crippen molar-refractivity contribution in [3.63, 3.8) is 0 Å². The van der Waals surface area contributed by atoms with E-state index in [-0.39, 0.29) is 0 Å². The monoisotopic (exact) mass is 784 g/mol. The van der Waals surface area contributed by atoms with Gasteiger partial charge in [-0.15, -0.1) is 0 Å². The number of pyridine rings is 2. The Morgan fingerprint density at radius 1 is 0.397 bits per heavy atom. The summed E-state index contributed by atoms with van der Waals surface area (Å²) in [6.07, 6.45) is 10.9. The summed E-state index contributed by atoms with van der Waals surface area (Å²) in [6.45, 7) is 0. The predicted molar refractivity (Wildman–Crippen MR) is 239 cm³/mol. The smallest absolute Gasteiger partial charge is 0.244 e. The summed E-state index contributed by atoms with van der Waals surface area (Å²) in [5.74, 6) is 0. The molecule has 0 spiro atoms. The van der Waals surface area contributed by atoms with Gasteiger partial charge in [0.1, 0.15) is 0 Å². The lowest BCUT2D eigenvalue weighted by Gasteiger charge is -2.22. The minimum atomic E-state index is -0.930. The number of imidazole rings is 2. The Labute approximate surface area is 340 Å². The SMILES string of the molecule is Cn1[c-][n+](-c2cccc(P(c3ccccc3)c3ccnc(-c4cc(P(c5ccccc5)c5cccc(-[n+]6[c-]n(C)c7ccccc76)c5)ccn4)c3)c2)c2ccccc21. The van der Waals surface area contributed by atoms with E-state index in [1.54, 1.807) is 0 Å². The van der Waals surface area contributed by atoms with Crippen molar-refractivity contribution in [3.8, 4) is 22.8 Å². The number of aromatic nitrogens is 6. The first kappa shape index (κ1) is 35.8. The maximum Gasteiger partial charge on any atom is 0.244 e. The molecule has 0 bridgehead atoms. The Bertz CT molecular complexity index is 2860. The summed E-state index contributed by atoms with van der Waals surface area (Å²) in [6, 6.07) is 65.1. The Morgan fingerprint density at radius 2 is 0.776 bits per heavy atom. The van der Waals surface area contributed by atoms with Crippen LogP contribution in [0.1, 0.15) is 0 Å². The molecule has 0 aliphatic heterocycles. The lowest BCUT2D eigenvalue weighted by atomic mass is 10.2. The normalized spacial score (nSPS) is 12.5. The molecule has 4 aromatic heterocycles. The minimum Gasteiger partial charge on any atom is -0.319 e. The van der Waals surface area contributed by atoms with E-state index in [1.807, 2.05) is 26.5 Å². The number of rotatable bonds is 9. The molecule has 278 valence electrons. The van der Waals surface area contributed by atoms with E-state index in [2.05, 4.69) is 213 Å². The van der Waals surface area contributed by atoms with Gasteiger partial charge in [-0.1, -0.05) is 146 Å². The second-order valence-corrected chi connectivity index (χ2v) is 18.6. The van der Waals surface area contributed by atoms with Gasteiger partial charge in [0, 0.05) is 12.4 Å². The predicted octanol–water partition coefficient (Wildman–Crippen LogP) is 6.80. The summed E-state index contributed by atoms with van der Waals surface area (Å²) in [5.41, 5.74) is 8.39. The van der Waals surface area contributed by atoms with Crippen molar-refractivity contribution >= 4 is 69.7 Å². The summed E-state index contributed by atoms with van der Waals surface area (Å²) < 4.78 is 8.43. The van der Waals surface area contributed by atoms with Crippen LogP contribution in [0.2, 0.25) is 0 Å². The van der Waals surface area contributed by atoms with E-state index in [0.29, 0.717) is 0 Å². The number of benzene rings is 6. The summed E-state index contributed by atoms with van der Waals surface area (Å²) >= 11 is 0. The van der Waals surface area contributed by atoms with Gasteiger partial charge in [-0.05, 0) is 84.1 Å². The van der Waals surface area contributed by atoms with Crippen molar-refractivity contribution in [1.29, 1.82) is 0 Å². The Morgan fingerprint density at radius 3 is 1.22 bits per heavy atom. The van der Waals surface area contributed by atoms with Gasteiger partial charge in [0.05, 0.1) is 58.9 Å². The molecule has 0 radical (unpaired) electrons. The van der Waals surface area contributed by atoms with Gasteiger partial charge >= 0.3 is 0 Å².